The van der Waals surface area contributed by atoms with E-state index in [0.29, 0.717) is 16.8 Å². The van der Waals surface area contributed by atoms with Crippen LogP contribution in [0.15, 0.2) is 17.1 Å². The minimum absolute atomic E-state index is 0.0849. The van der Waals surface area contributed by atoms with E-state index in [9.17, 15) is 26.7 Å². The van der Waals surface area contributed by atoms with Gasteiger partial charge in [0.1, 0.15) is 0 Å². The van der Waals surface area contributed by atoms with Gasteiger partial charge >= 0.3 is 18.1 Å². The molecule has 0 aromatic heterocycles. The van der Waals surface area contributed by atoms with Crippen LogP contribution in [0.25, 0.3) is 0 Å². The van der Waals surface area contributed by atoms with Crippen LogP contribution in [0.1, 0.15) is 28.4 Å². The topological polar surface area (TPSA) is 41.9 Å². The van der Waals surface area contributed by atoms with Gasteiger partial charge in [0.2, 0.25) is 0 Å². The molecule has 25 heavy (non-hydrogen) atoms. The van der Waals surface area contributed by atoms with Crippen molar-refractivity contribution in [1.29, 1.82) is 0 Å². The highest BCUT2D eigenvalue weighted by molar-refractivity contribution is 5.92. The highest BCUT2D eigenvalue weighted by atomic mass is 19.4. The SMILES string of the molecule is CCN(C)/C=N/c1cc(C)c(C(=O)OCC(F)(F)C(F)(F)F)cc1C. The van der Waals surface area contributed by atoms with Gasteiger partial charge in [-0.15, -0.1) is 0 Å². The average Bonchev–Trinajstić information content (AvgIpc) is 2.51. The maximum Gasteiger partial charge on any atom is 0.456 e. The van der Waals surface area contributed by atoms with Crippen LogP contribution in [-0.2, 0) is 4.74 Å². The summed E-state index contributed by atoms with van der Waals surface area (Å²) in [5.74, 6) is -6.34. The fourth-order valence-corrected chi connectivity index (χ4v) is 1.72. The summed E-state index contributed by atoms with van der Waals surface area (Å²) in [7, 11) is 1.82. The van der Waals surface area contributed by atoms with Gasteiger partial charge in [-0.1, -0.05) is 0 Å². The monoisotopic (exact) mass is 366 g/mol. The lowest BCUT2D eigenvalue weighted by molar-refractivity contribution is -0.292. The van der Waals surface area contributed by atoms with E-state index in [1.165, 1.54) is 19.1 Å². The smallest absolute Gasteiger partial charge is 0.455 e. The Bertz CT molecular complexity index is 657. The molecule has 0 unspecified atom stereocenters. The Morgan fingerprint density at radius 1 is 1.20 bits per heavy atom. The number of halogens is 5. The van der Waals surface area contributed by atoms with E-state index in [2.05, 4.69) is 9.73 Å². The molecule has 9 heteroatoms. The third-order valence-corrected chi connectivity index (χ3v) is 3.45. The summed E-state index contributed by atoms with van der Waals surface area (Å²) >= 11 is 0. The van der Waals surface area contributed by atoms with Gasteiger partial charge in [0.15, 0.2) is 6.61 Å². The lowest BCUT2D eigenvalue weighted by atomic mass is 10.0. The van der Waals surface area contributed by atoms with Gasteiger partial charge in [-0.3, -0.25) is 0 Å². The van der Waals surface area contributed by atoms with Gasteiger partial charge in [-0.2, -0.15) is 22.0 Å². The predicted molar refractivity (Wildman–Crippen MR) is 83.7 cm³/mol. The van der Waals surface area contributed by atoms with Crippen molar-refractivity contribution in [3.8, 4) is 0 Å². The molecule has 0 radical (unpaired) electrons. The quantitative estimate of drug-likeness (QED) is 0.327. The van der Waals surface area contributed by atoms with E-state index in [-0.39, 0.29) is 5.56 Å². The Balaban J connectivity index is 2.94. The van der Waals surface area contributed by atoms with Crippen LogP contribution in [0.3, 0.4) is 0 Å². The van der Waals surface area contributed by atoms with E-state index < -0.39 is 24.7 Å². The molecule has 0 aliphatic heterocycles. The zero-order chi connectivity index (χ0) is 19.4. The Morgan fingerprint density at radius 2 is 1.80 bits per heavy atom. The third kappa shape index (κ3) is 5.40. The molecule has 1 aromatic rings. The first-order valence-corrected chi connectivity index (χ1v) is 7.36. The molecule has 0 heterocycles. The van der Waals surface area contributed by atoms with Gasteiger partial charge in [0, 0.05) is 13.6 Å². The number of aryl methyl sites for hydroxylation is 2. The lowest BCUT2D eigenvalue weighted by Crippen LogP contribution is -2.41. The standard InChI is InChI=1S/C16H19F5N2O2/c1-5-23(4)9-22-13-7-10(2)12(6-11(13)3)14(24)25-8-15(17,18)16(19,20)21/h6-7,9H,5,8H2,1-4H3/b22-9+. The molecular formula is C16H19F5N2O2. The van der Waals surface area contributed by atoms with Gasteiger partial charge in [0.05, 0.1) is 17.6 Å². The van der Waals surface area contributed by atoms with Crippen molar-refractivity contribution in [3.05, 3.63) is 28.8 Å². The highest BCUT2D eigenvalue weighted by Gasteiger charge is 2.58. The Hall–Kier alpha value is -2.19. The summed E-state index contributed by atoms with van der Waals surface area (Å²) in [5, 5.41) is 0. The second-order valence-electron chi connectivity index (χ2n) is 5.55. The van der Waals surface area contributed by atoms with Gasteiger partial charge < -0.3 is 9.64 Å². The predicted octanol–water partition coefficient (Wildman–Crippen LogP) is 4.27. The number of alkyl halides is 5. The number of aliphatic imine (C=N–C) groups is 1. The average molecular weight is 366 g/mol. The lowest BCUT2D eigenvalue weighted by Gasteiger charge is -2.19. The van der Waals surface area contributed by atoms with E-state index >= 15 is 0 Å². The largest absolute Gasteiger partial charge is 0.456 e. The maximum atomic E-state index is 12.8. The van der Waals surface area contributed by atoms with Crippen LogP contribution in [0.5, 0.6) is 0 Å². The van der Waals surface area contributed by atoms with Crippen molar-refractivity contribution in [1.82, 2.24) is 4.90 Å². The molecule has 1 aromatic carbocycles. The van der Waals surface area contributed by atoms with Crippen molar-refractivity contribution in [2.75, 3.05) is 20.2 Å². The van der Waals surface area contributed by atoms with Crippen molar-refractivity contribution < 1.29 is 31.5 Å². The molecule has 140 valence electrons. The molecule has 0 aliphatic carbocycles. The number of esters is 1. The molecule has 0 spiro atoms. The zero-order valence-electron chi connectivity index (χ0n) is 14.2. The minimum atomic E-state index is -5.78. The molecule has 0 amide bonds. The molecule has 0 bridgehead atoms. The molecule has 4 nitrogen and oxygen atoms in total. The molecule has 0 atom stereocenters. The fourth-order valence-electron chi connectivity index (χ4n) is 1.72. The van der Waals surface area contributed by atoms with E-state index in [4.69, 9.17) is 0 Å². The Kier molecular flexibility index (Phi) is 6.50. The number of rotatable bonds is 6. The molecule has 0 N–H and O–H groups in total. The molecule has 0 aliphatic rings. The summed E-state index contributed by atoms with van der Waals surface area (Å²) in [6, 6.07) is 2.88. The fraction of sp³-hybridized carbons (Fsp3) is 0.500. The summed E-state index contributed by atoms with van der Waals surface area (Å²) in [5.41, 5.74) is 1.38. The number of carbonyl (C=O) groups is 1. The van der Waals surface area contributed by atoms with Crippen molar-refractivity contribution in [2.45, 2.75) is 32.9 Å². The van der Waals surface area contributed by atoms with Crippen LogP contribution in [0.4, 0.5) is 27.6 Å². The van der Waals surface area contributed by atoms with Gasteiger partial charge in [-0.05, 0) is 44.0 Å². The first-order valence-electron chi connectivity index (χ1n) is 7.36. The Labute approximate surface area is 142 Å². The zero-order valence-corrected chi connectivity index (χ0v) is 14.2. The van der Waals surface area contributed by atoms with E-state index in [1.807, 2.05) is 18.9 Å². The van der Waals surface area contributed by atoms with E-state index in [1.54, 1.807) is 13.3 Å². The summed E-state index contributed by atoms with van der Waals surface area (Å²) in [6.45, 7) is 3.76. The van der Waals surface area contributed by atoms with Crippen molar-refractivity contribution >= 4 is 18.0 Å². The summed E-state index contributed by atoms with van der Waals surface area (Å²) in [4.78, 5) is 17.9. The van der Waals surface area contributed by atoms with Gasteiger partial charge in [-0.25, -0.2) is 9.79 Å². The minimum Gasteiger partial charge on any atom is -0.455 e. The van der Waals surface area contributed by atoms with Crippen LogP contribution in [0.2, 0.25) is 0 Å². The number of hydrogen-bond acceptors (Lipinski definition) is 3. The second-order valence-corrected chi connectivity index (χ2v) is 5.55. The Morgan fingerprint density at radius 3 is 2.32 bits per heavy atom. The number of ether oxygens (including phenoxy) is 1. The van der Waals surface area contributed by atoms with Crippen molar-refractivity contribution in [2.24, 2.45) is 4.99 Å². The summed E-state index contributed by atoms with van der Waals surface area (Å²) in [6.07, 6.45) is -4.19. The van der Waals surface area contributed by atoms with Crippen LogP contribution in [0, 0.1) is 13.8 Å². The molecule has 0 saturated heterocycles. The molecular weight excluding hydrogens is 347 g/mol. The third-order valence-electron chi connectivity index (χ3n) is 3.45. The number of hydrogen-bond donors (Lipinski definition) is 0. The van der Waals surface area contributed by atoms with Crippen LogP contribution >= 0.6 is 0 Å². The number of benzene rings is 1. The molecule has 0 saturated carbocycles. The normalized spacial score (nSPS) is 12.5. The van der Waals surface area contributed by atoms with E-state index in [0.717, 1.165) is 6.54 Å². The first-order chi connectivity index (χ1) is 11.4. The molecule has 0 fully saturated rings. The summed E-state index contributed by atoms with van der Waals surface area (Å²) < 4.78 is 66.1. The maximum absolute atomic E-state index is 12.8. The van der Waals surface area contributed by atoms with Gasteiger partial charge in [0.25, 0.3) is 0 Å². The number of carbonyl (C=O) groups excluding carboxylic acids is 1. The number of nitrogens with zero attached hydrogens (tertiary/aromatic N) is 2. The van der Waals surface area contributed by atoms with Crippen LogP contribution in [-0.4, -0.2) is 49.5 Å². The van der Waals surface area contributed by atoms with Crippen LogP contribution < -0.4 is 0 Å². The van der Waals surface area contributed by atoms with Crippen molar-refractivity contribution in [3.63, 3.8) is 0 Å². The second kappa shape index (κ2) is 7.79. The molecule has 1 rings (SSSR count). The first kappa shape index (κ1) is 20.9. The highest BCUT2D eigenvalue weighted by Crippen LogP contribution is 2.35.